The maximum atomic E-state index is 5.95. The molecule has 1 aromatic heterocycles. The van der Waals surface area contributed by atoms with Crippen molar-refractivity contribution in [3.63, 3.8) is 0 Å². The van der Waals surface area contributed by atoms with Crippen LogP contribution in [0, 0.1) is 0 Å². The molecule has 0 atom stereocenters. The van der Waals surface area contributed by atoms with Crippen molar-refractivity contribution in [3.05, 3.63) is 96.2 Å². The summed E-state index contributed by atoms with van der Waals surface area (Å²) in [4.78, 5) is 0. The molecule has 0 aliphatic rings. The van der Waals surface area contributed by atoms with Crippen LogP contribution in [0.5, 0.6) is 11.5 Å². The highest BCUT2D eigenvalue weighted by molar-refractivity contribution is 7.80. The lowest BCUT2D eigenvalue weighted by atomic mass is 10.2. The molecule has 0 amide bonds. The predicted octanol–water partition coefficient (Wildman–Crippen LogP) is 4.73. The zero-order chi connectivity index (χ0) is 22.9. The number of hydrogen-bond donors (Lipinski definition) is 2. The molecule has 0 saturated heterocycles. The highest BCUT2D eigenvalue weighted by atomic mass is 32.1. The van der Waals surface area contributed by atoms with E-state index in [-0.39, 0.29) is 0 Å². The summed E-state index contributed by atoms with van der Waals surface area (Å²) in [6.07, 6.45) is 3.86. The van der Waals surface area contributed by atoms with Crippen LogP contribution >= 0.6 is 12.2 Å². The van der Waals surface area contributed by atoms with Crippen molar-refractivity contribution in [1.29, 1.82) is 0 Å². The van der Waals surface area contributed by atoms with Gasteiger partial charge in [0.05, 0.1) is 19.9 Å². The van der Waals surface area contributed by atoms with Gasteiger partial charge >= 0.3 is 0 Å². The molecule has 168 valence electrons. The Labute approximate surface area is 198 Å². The van der Waals surface area contributed by atoms with E-state index >= 15 is 0 Å². The van der Waals surface area contributed by atoms with Crippen LogP contribution in [0.2, 0.25) is 0 Å². The molecule has 6 nitrogen and oxygen atoms in total. The molecule has 0 aliphatic carbocycles. The maximum Gasteiger partial charge on any atom is 0.187 e. The lowest BCUT2D eigenvalue weighted by Crippen LogP contribution is -2.31. The topological polar surface area (TPSA) is 59.8 Å². The van der Waals surface area contributed by atoms with Crippen LogP contribution in [0.15, 0.2) is 90.2 Å². The molecular formula is C26H26N4O2S. The zero-order valence-electron chi connectivity index (χ0n) is 18.4. The summed E-state index contributed by atoms with van der Waals surface area (Å²) in [5, 5.41) is 9.07. The molecule has 4 rings (SSSR count). The van der Waals surface area contributed by atoms with Gasteiger partial charge < -0.3 is 19.4 Å². The Kier molecular flexibility index (Phi) is 7.56. The fourth-order valence-corrected chi connectivity index (χ4v) is 3.66. The number of hydrazone groups is 1. The van der Waals surface area contributed by atoms with E-state index in [4.69, 9.17) is 21.7 Å². The molecule has 7 heteroatoms. The van der Waals surface area contributed by atoms with Crippen LogP contribution in [-0.2, 0) is 13.1 Å². The first-order chi connectivity index (χ1) is 16.2. The number of thiocarbonyl (C=S) groups is 1. The summed E-state index contributed by atoms with van der Waals surface area (Å²) in [5.74, 6) is 1.46. The van der Waals surface area contributed by atoms with Crippen LogP contribution in [0.1, 0.15) is 11.1 Å². The normalized spacial score (nSPS) is 10.9. The van der Waals surface area contributed by atoms with Crippen molar-refractivity contribution in [2.24, 2.45) is 5.10 Å². The molecule has 4 aromatic rings. The van der Waals surface area contributed by atoms with E-state index < -0.39 is 0 Å². The molecule has 0 radical (unpaired) electrons. The fourth-order valence-electron chi connectivity index (χ4n) is 3.53. The average molecular weight is 459 g/mol. The molecule has 0 bridgehead atoms. The monoisotopic (exact) mass is 458 g/mol. The summed E-state index contributed by atoms with van der Waals surface area (Å²) in [7, 11) is 1.64. The number of aromatic nitrogens is 1. The van der Waals surface area contributed by atoms with Gasteiger partial charge in [-0.3, -0.25) is 5.43 Å². The molecular weight excluding hydrogens is 432 g/mol. The minimum atomic E-state index is 0.476. The van der Waals surface area contributed by atoms with Crippen molar-refractivity contribution < 1.29 is 9.47 Å². The summed E-state index contributed by atoms with van der Waals surface area (Å²) in [6.45, 7) is 1.85. The second-order valence-electron chi connectivity index (χ2n) is 7.33. The number of methoxy groups -OCH3 is 1. The van der Waals surface area contributed by atoms with E-state index in [2.05, 4.69) is 38.7 Å². The third-order valence-electron chi connectivity index (χ3n) is 5.14. The fraction of sp³-hybridized carbons (Fsp3) is 0.154. The largest absolute Gasteiger partial charge is 0.493 e. The van der Waals surface area contributed by atoms with Crippen molar-refractivity contribution in [2.75, 3.05) is 13.7 Å². The molecule has 0 unspecified atom stereocenters. The number of para-hydroxylation sites is 3. The molecule has 0 aliphatic heterocycles. The Balaban J connectivity index is 1.37. The molecule has 33 heavy (non-hydrogen) atoms. The van der Waals surface area contributed by atoms with Gasteiger partial charge in [0.1, 0.15) is 6.61 Å². The SMILES string of the molecule is COc1ccccc1OCCn1cc(C=NNC(=S)NCc2ccccc2)c2ccccc21. The van der Waals surface area contributed by atoms with Crippen molar-refractivity contribution in [1.82, 2.24) is 15.3 Å². The third-order valence-corrected chi connectivity index (χ3v) is 5.38. The minimum Gasteiger partial charge on any atom is -0.493 e. The summed E-state index contributed by atoms with van der Waals surface area (Å²) >= 11 is 5.33. The summed E-state index contributed by atoms with van der Waals surface area (Å²) in [6, 6.07) is 26.0. The Morgan fingerprint density at radius 1 is 0.970 bits per heavy atom. The van der Waals surface area contributed by atoms with Crippen molar-refractivity contribution in [2.45, 2.75) is 13.1 Å². The summed E-state index contributed by atoms with van der Waals surface area (Å²) in [5.41, 5.74) is 6.17. The van der Waals surface area contributed by atoms with Crippen molar-refractivity contribution >= 4 is 34.4 Å². The molecule has 0 saturated carbocycles. The van der Waals surface area contributed by atoms with E-state index in [0.717, 1.165) is 33.5 Å². The van der Waals surface area contributed by atoms with E-state index in [9.17, 15) is 0 Å². The summed E-state index contributed by atoms with van der Waals surface area (Å²) < 4.78 is 13.5. The Bertz CT molecular complexity index is 1240. The number of nitrogens with zero attached hydrogens (tertiary/aromatic N) is 2. The number of rotatable bonds is 9. The van der Waals surface area contributed by atoms with Crippen LogP contribution in [0.4, 0.5) is 0 Å². The van der Waals surface area contributed by atoms with Crippen molar-refractivity contribution in [3.8, 4) is 11.5 Å². The smallest absolute Gasteiger partial charge is 0.187 e. The van der Waals surface area contributed by atoms with Gasteiger partial charge in [-0.15, -0.1) is 0 Å². The van der Waals surface area contributed by atoms with Crippen LogP contribution in [0.3, 0.4) is 0 Å². The molecule has 0 fully saturated rings. The maximum absolute atomic E-state index is 5.95. The van der Waals surface area contributed by atoms with E-state index in [0.29, 0.717) is 24.8 Å². The Morgan fingerprint density at radius 2 is 1.70 bits per heavy atom. The average Bonchev–Trinajstić information content (AvgIpc) is 3.21. The van der Waals surface area contributed by atoms with E-state index in [1.807, 2.05) is 66.7 Å². The predicted molar refractivity (Wildman–Crippen MR) is 137 cm³/mol. The third kappa shape index (κ3) is 5.90. The van der Waals surface area contributed by atoms with E-state index in [1.54, 1.807) is 13.3 Å². The standard InChI is InChI=1S/C26H26N4O2S/c1-31-24-13-7-8-14-25(24)32-16-15-30-19-21(22-11-5-6-12-23(22)30)18-28-29-26(33)27-17-20-9-3-2-4-10-20/h2-14,18-19H,15-17H2,1H3,(H2,27,29,33). The molecule has 1 heterocycles. The second-order valence-corrected chi connectivity index (χ2v) is 7.74. The van der Waals surface area contributed by atoms with Gasteiger partial charge in [0, 0.05) is 29.2 Å². The van der Waals surface area contributed by atoms with Crippen LogP contribution in [0.25, 0.3) is 10.9 Å². The molecule has 0 spiro atoms. The number of nitrogens with one attached hydrogen (secondary N) is 2. The first-order valence-electron chi connectivity index (χ1n) is 10.7. The number of ether oxygens (including phenoxy) is 2. The zero-order valence-corrected chi connectivity index (χ0v) is 19.2. The molecule has 3 aromatic carbocycles. The van der Waals surface area contributed by atoms with Gasteiger partial charge in [-0.05, 0) is 36.0 Å². The first kappa shape index (κ1) is 22.4. The highest BCUT2D eigenvalue weighted by Gasteiger charge is 2.08. The highest BCUT2D eigenvalue weighted by Crippen LogP contribution is 2.26. The lowest BCUT2D eigenvalue weighted by Gasteiger charge is -2.11. The number of fused-ring (bicyclic) bond motifs is 1. The van der Waals surface area contributed by atoms with Crippen LogP contribution < -0.4 is 20.2 Å². The number of benzene rings is 3. The van der Waals surface area contributed by atoms with Crippen LogP contribution in [-0.4, -0.2) is 29.6 Å². The van der Waals surface area contributed by atoms with Gasteiger partial charge in [0.15, 0.2) is 16.6 Å². The lowest BCUT2D eigenvalue weighted by molar-refractivity contribution is 0.281. The quantitative estimate of drug-likeness (QED) is 0.216. The van der Waals surface area contributed by atoms with Gasteiger partial charge in [-0.1, -0.05) is 60.7 Å². The Morgan fingerprint density at radius 3 is 2.52 bits per heavy atom. The first-order valence-corrected chi connectivity index (χ1v) is 11.1. The van der Waals surface area contributed by atoms with Gasteiger partial charge in [-0.25, -0.2) is 0 Å². The van der Waals surface area contributed by atoms with Gasteiger partial charge in [0.2, 0.25) is 0 Å². The Hall–Kier alpha value is -3.84. The minimum absolute atomic E-state index is 0.476. The molecule has 2 N–H and O–H groups in total. The number of hydrogen-bond acceptors (Lipinski definition) is 4. The van der Waals surface area contributed by atoms with Gasteiger partial charge in [-0.2, -0.15) is 5.10 Å². The van der Waals surface area contributed by atoms with E-state index in [1.165, 1.54) is 0 Å². The van der Waals surface area contributed by atoms with Gasteiger partial charge in [0.25, 0.3) is 0 Å². The second kappa shape index (κ2) is 11.2.